The van der Waals surface area contributed by atoms with Crippen LogP contribution in [0, 0.1) is 6.92 Å². The number of tetrazole rings is 1. The minimum absolute atomic E-state index is 0.333. The largest absolute Gasteiger partial charge is 0.243 e. The molecule has 140 valence electrons. The Kier molecular flexibility index (Phi) is 4.53. The fourth-order valence-corrected chi connectivity index (χ4v) is 5.17. The van der Waals surface area contributed by atoms with E-state index in [1.165, 1.54) is 0 Å². The van der Waals surface area contributed by atoms with E-state index in [0.717, 1.165) is 11.1 Å². The highest BCUT2D eigenvalue weighted by Gasteiger charge is 2.43. The number of aromatic nitrogens is 4. The Morgan fingerprint density at radius 1 is 1.00 bits per heavy atom. The molecule has 1 aliphatic rings. The van der Waals surface area contributed by atoms with Gasteiger partial charge in [0.2, 0.25) is 10.0 Å². The summed E-state index contributed by atoms with van der Waals surface area (Å²) in [6.45, 7) is 2.75. The zero-order valence-corrected chi connectivity index (χ0v) is 15.9. The molecule has 1 N–H and O–H groups in total. The lowest BCUT2D eigenvalue weighted by atomic mass is 9.72. The Balaban J connectivity index is 1.64. The van der Waals surface area contributed by atoms with E-state index in [1.54, 1.807) is 16.4 Å². The number of piperidine rings is 1. The molecule has 1 aliphatic heterocycles. The van der Waals surface area contributed by atoms with E-state index in [2.05, 4.69) is 20.6 Å². The van der Waals surface area contributed by atoms with Crippen molar-refractivity contribution in [1.82, 2.24) is 24.9 Å². The first-order chi connectivity index (χ1) is 13.0. The standard InChI is InChI=1S/C19H21N5O2S/c1-15-7-9-17(10-8-15)27(25,26)24-13-11-19(12-14-24,18-20-22-23-21-18)16-5-3-2-4-6-16/h2-10H,11-14H2,1H3,(H,20,21,22,23). The van der Waals surface area contributed by atoms with E-state index in [9.17, 15) is 8.42 Å². The Morgan fingerprint density at radius 2 is 1.67 bits per heavy atom. The first-order valence-electron chi connectivity index (χ1n) is 8.89. The van der Waals surface area contributed by atoms with Crippen LogP contribution in [0.5, 0.6) is 0 Å². The summed E-state index contributed by atoms with van der Waals surface area (Å²) in [4.78, 5) is 0.333. The van der Waals surface area contributed by atoms with Crippen molar-refractivity contribution in [2.45, 2.75) is 30.1 Å². The van der Waals surface area contributed by atoms with Crippen molar-refractivity contribution in [3.63, 3.8) is 0 Å². The smallest absolute Gasteiger partial charge is 0.207 e. The van der Waals surface area contributed by atoms with Crippen molar-refractivity contribution in [1.29, 1.82) is 0 Å². The third-order valence-corrected chi connectivity index (χ3v) is 7.25. The van der Waals surface area contributed by atoms with Crippen molar-refractivity contribution in [3.05, 3.63) is 71.5 Å². The van der Waals surface area contributed by atoms with Gasteiger partial charge in [-0.3, -0.25) is 0 Å². The molecule has 0 unspecified atom stereocenters. The van der Waals surface area contributed by atoms with Crippen LogP contribution < -0.4 is 0 Å². The summed E-state index contributed by atoms with van der Waals surface area (Å²) in [6.07, 6.45) is 1.20. The zero-order chi connectivity index (χ0) is 18.9. The number of nitrogens with zero attached hydrogens (tertiary/aromatic N) is 4. The fraction of sp³-hybridized carbons (Fsp3) is 0.316. The number of aryl methyl sites for hydroxylation is 1. The minimum atomic E-state index is -3.51. The average Bonchev–Trinajstić information content (AvgIpc) is 3.24. The van der Waals surface area contributed by atoms with Crippen molar-refractivity contribution in [2.24, 2.45) is 0 Å². The van der Waals surface area contributed by atoms with Gasteiger partial charge in [0.05, 0.1) is 10.3 Å². The van der Waals surface area contributed by atoms with Crippen molar-refractivity contribution >= 4 is 10.0 Å². The molecule has 7 nitrogen and oxygen atoms in total. The quantitative estimate of drug-likeness (QED) is 0.746. The van der Waals surface area contributed by atoms with Crippen LogP contribution in [-0.2, 0) is 15.4 Å². The second-order valence-corrected chi connectivity index (χ2v) is 8.84. The highest BCUT2D eigenvalue weighted by atomic mass is 32.2. The first kappa shape index (κ1) is 17.8. The van der Waals surface area contributed by atoms with Crippen LogP contribution in [0.2, 0.25) is 0 Å². The molecule has 0 saturated carbocycles. The van der Waals surface area contributed by atoms with Gasteiger partial charge < -0.3 is 0 Å². The van der Waals surface area contributed by atoms with Gasteiger partial charge in [-0.1, -0.05) is 53.2 Å². The third-order valence-electron chi connectivity index (χ3n) is 5.33. The van der Waals surface area contributed by atoms with Gasteiger partial charge in [-0.05, 0) is 37.5 Å². The first-order valence-corrected chi connectivity index (χ1v) is 10.3. The molecule has 27 heavy (non-hydrogen) atoms. The zero-order valence-electron chi connectivity index (χ0n) is 15.0. The van der Waals surface area contributed by atoms with Gasteiger partial charge in [0, 0.05) is 13.1 Å². The van der Waals surface area contributed by atoms with Crippen molar-refractivity contribution < 1.29 is 8.42 Å². The summed E-state index contributed by atoms with van der Waals surface area (Å²) in [5.41, 5.74) is 1.68. The molecule has 1 saturated heterocycles. The number of aromatic amines is 1. The van der Waals surface area contributed by atoms with Crippen LogP contribution in [-0.4, -0.2) is 46.4 Å². The maximum absolute atomic E-state index is 13.0. The van der Waals surface area contributed by atoms with Gasteiger partial charge in [-0.15, -0.1) is 10.2 Å². The molecule has 0 atom stereocenters. The minimum Gasteiger partial charge on any atom is -0.207 e. The molecule has 0 spiro atoms. The lowest BCUT2D eigenvalue weighted by molar-refractivity contribution is 0.257. The Morgan fingerprint density at radius 3 is 2.26 bits per heavy atom. The molecule has 2 heterocycles. The number of rotatable bonds is 4. The van der Waals surface area contributed by atoms with Crippen LogP contribution in [0.25, 0.3) is 0 Å². The molecule has 1 aromatic heterocycles. The van der Waals surface area contributed by atoms with Gasteiger partial charge in [0.15, 0.2) is 5.82 Å². The van der Waals surface area contributed by atoms with Crippen molar-refractivity contribution in [3.8, 4) is 0 Å². The lowest BCUT2D eigenvalue weighted by Crippen LogP contribution is -2.46. The molecule has 3 aromatic rings. The highest BCUT2D eigenvalue weighted by Crippen LogP contribution is 2.40. The normalized spacial score (nSPS) is 17.7. The number of sulfonamides is 1. The second-order valence-electron chi connectivity index (χ2n) is 6.90. The maximum Gasteiger partial charge on any atom is 0.243 e. The molecular weight excluding hydrogens is 362 g/mol. The van der Waals surface area contributed by atoms with Crippen LogP contribution in [0.15, 0.2) is 59.5 Å². The van der Waals surface area contributed by atoms with Crippen molar-refractivity contribution in [2.75, 3.05) is 13.1 Å². The van der Waals surface area contributed by atoms with E-state index in [4.69, 9.17) is 0 Å². The van der Waals surface area contributed by atoms with Gasteiger partial charge in [-0.25, -0.2) is 8.42 Å². The second kappa shape index (κ2) is 6.86. The van der Waals surface area contributed by atoms with E-state index in [1.807, 2.05) is 49.4 Å². The third kappa shape index (κ3) is 3.15. The van der Waals surface area contributed by atoms with Crippen LogP contribution in [0.3, 0.4) is 0 Å². The number of hydrogen-bond donors (Lipinski definition) is 1. The topological polar surface area (TPSA) is 91.8 Å². The molecule has 4 rings (SSSR count). The molecule has 8 heteroatoms. The SMILES string of the molecule is Cc1ccc(S(=O)(=O)N2CCC(c3ccccc3)(c3nn[nH]n3)CC2)cc1. The van der Waals surface area contributed by atoms with Crippen LogP contribution in [0.1, 0.15) is 29.8 Å². The Hall–Kier alpha value is -2.58. The summed E-state index contributed by atoms with van der Waals surface area (Å²) < 4.78 is 27.6. The molecule has 0 aliphatic carbocycles. The summed E-state index contributed by atoms with van der Waals surface area (Å²) in [5, 5.41) is 14.7. The Labute approximate surface area is 158 Å². The molecule has 1 fully saturated rings. The number of benzene rings is 2. The van der Waals surface area contributed by atoms with Gasteiger partial charge in [-0.2, -0.15) is 9.52 Å². The summed E-state index contributed by atoms with van der Waals surface area (Å²) in [5.74, 6) is 0.612. The number of nitrogens with one attached hydrogen (secondary N) is 1. The molecule has 0 bridgehead atoms. The predicted molar refractivity (Wildman–Crippen MR) is 101 cm³/mol. The summed E-state index contributed by atoms with van der Waals surface area (Å²) in [7, 11) is -3.51. The van der Waals surface area contributed by atoms with E-state index in [0.29, 0.717) is 36.7 Å². The van der Waals surface area contributed by atoms with Gasteiger partial charge in [0.1, 0.15) is 0 Å². The number of hydrogen-bond acceptors (Lipinski definition) is 5. The van der Waals surface area contributed by atoms with Crippen LogP contribution in [0.4, 0.5) is 0 Å². The fourth-order valence-electron chi connectivity index (χ4n) is 3.73. The van der Waals surface area contributed by atoms with Crippen LogP contribution >= 0.6 is 0 Å². The van der Waals surface area contributed by atoms with E-state index < -0.39 is 15.4 Å². The maximum atomic E-state index is 13.0. The van der Waals surface area contributed by atoms with Gasteiger partial charge >= 0.3 is 0 Å². The van der Waals surface area contributed by atoms with E-state index >= 15 is 0 Å². The molecule has 0 amide bonds. The molecule has 0 radical (unpaired) electrons. The Bertz CT molecular complexity index is 994. The monoisotopic (exact) mass is 383 g/mol. The van der Waals surface area contributed by atoms with E-state index in [-0.39, 0.29) is 0 Å². The lowest BCUT2D eigenvalue weighted by Gasteiger charge is -2.39. The predicted octanol–water partition coefficient (Wildman–Crippen LogP) is 2.28. The summed E-state index contributed by atoms with van der Waals surface area (Å²) in [6, 6.07) is 17.0. The summed E-state index contributed by atoms with van der Waals surface area (Å²) >= 11 is 0. The average molecular weight is 383 g/mol. The molecule has 2 aromatic carbocycles. The van der Waals surface area contributed by atoms with Gasteiger partial charge in [0.25, 0.3) is 0 Å². The number of H-pyrrole nitrogens is 1. The molecular formula is C19H21N5O2S. The highest BCUT2D eigenvalue weighted by molar-refractivity contribution is 7.89.